The molecule has 0 atom stereocenters. The lowest BCUT2D eigenvalue weighted by Crippen LogP contribution is -2.38. The number of nitrogens with zero attached hydrogens (tertiary/aromatic N) is 1. The van der Waals surface area contributed by atoms with Crippen molar-refractivity contribution in [2.75, 3.05) is 27.3 Å². The number of hydrogen-bond acceptors (Lipinski definition) is 4. The van der Waals surface area contributed by atoms with E-state index in [0.717, 1.165) is 16.9 Å². The first-order valence-corrected chi connectivity index (χ1v) is 9.22. The van der Waals surface area contributed by atoms with Crippen molar-refractivity contribution < 1.29 is 23.0 Å². The second kappa shape index (κ2) is 11.9. The van der Waals surface area contributed by atoms with E-state index in [2.05, 4.69) is 20.4 Å². The fourth-order valence-electron chi connectivity index (χ4n) is 2.70. The molecule has 2 aromatic rings. The van der Waals surface area contributed by atoms with Crippen molar-refractivity contribution in [1.82, 2.24) is 10.6 Å². The minimum absolute atomic E-state index is 0.147. The first-order valence-electron chi connectivity index (χ1n) is 9.22. The molecule has 0 fully saturated rings. The highest BCUT2D eigenvalue weighted by Crippen LogP contribution is 2.22. The van der Waals surface area contributed by atoms with Gasteiger partial charge in [0.1, 0.15) is 11.5 Å². The van der Waals surface area contributed by atoms with E-state index in [0.29, 0.717) is 37.8 Å². The molecule has 0 aliphatic heterocycles. The zero-order valence-corrected chi connectivity index (χ0v) is 16.9. The normalized spacial score (nSPS) is 11.4. The van der Waals surface area contributed by atoms with Crippen LogP contribution in [0.3, 0.4) is 0 Å². The van der Waals surface area contributed by atoms with Crippen molar-refractivity contribution in [3.63, 3.8) is 0 Å². The van der Waals surface area contributed by atoms with Gasteiger partial charge in [-0.1, -0.05) is 35.9 Å². The topological polar surface area (TPSA) is 64.1 Å². The van der Waals surface area contributed by atoms with Crippen LogP contribution in [0.15, 0.2) is 47.5 Å². The highest BCUT2D eigenvalue weighted by atomic mass is 19.3. The van der Waals surface area contributed by atoms with Gasteiger partial charge in [-0.05, 0) is 19.1 Å². The average Bonchev–Trinajstić information content (AvgIpc) is 2.71. The quantitative estimate of drug-likeness (QED) is 0.359. The van der Waals surface area contributed by atoms with Gasteiger partial charge in [0.15, 0.2) is 5.96 Å². The molecule has 2 N–H and O–H groups in total. The van der Waals surface area contributed by atoms with E-state index in [1.54, 1.807) is 32.4 Å². The minimum Gasteiger partial charge on any atom is -0.496 e. The van der Waals surface area contributed by atoms with Gasteiger partial charge in [-0.3, -0.25) is 4.99 Å². The van der Waals surface area contributed by atoms with E-state index in [-0.39, 0.29) is 5.75 Å². The number of guanidine groups is 1. The lowest BCUT2D eigenvalue weighted by molar-refractivity contribution is -0.0504. The molecule has 0 heterocycles. The van der Waals surface area contributed by atoms with Gasteiger partial charge in [-0.15, -0.1) is 0 Å². The number of aryl methyl sites for hydroxylation is 1. The lowest BCUT2D eigenvalue weighted by Gasteiger charge is -2.15. The van der Waals surface area contributed by atoms with Crippen LogP contribution in [0.1, 0.15) is 16.7 Å². The third-order valence-corrected chi connectivity index (χ3v) is 4.09. The predicted octanol–water partition coefficient (Wildman–Crippen LogP) is 3.49. The monoisotopic (exact) mass is 407 g/mol. The van der Waals surface area contributed by atoms with Crippen LogP contribution in [-0.2, 0) is 17.9 Å². The SMILES string of the molecule is CN=C(NCCOCc1ccccc1OC)NCc1cc(C)ccc1OC(F)F. The maximum Gasteiger partial charge on any atom is 0.387 e. The summed E-state index contributed by atoms with van der Waals surface area (Å²) in [4.78, 5) is 4.13. The number of alkyl halides is 2. The van der Waals surface area contributed by atoms with Crippen LogP contribution in [0.25, 0.3) is 0 Å². The Labute approximate surface area is 169 Å². The molecule has 2 aromatic carbocycles. The predicted molar refractivity (Wildman–Crippen MR) is 109 cm³/mol. The van der Waals surface area contributed by atoms with Gasteiger partial charge in [0, 0.05) is 31.3 Å². The summed E-state index contributed by atoms with van der Waals surface area (Å²) in [7, 11) is 3.26. The highest BCUT2D eigenvalue weighted by molar-refractivity contribution is 5.79. The molecule has 0 amide bonds. The molecule has 0 saturated heterocycles. The molecule has 0 radical (unpaired) electrons. The second-order valence-corrected chi connectivity index (χ2v) is 6.21. The maximum atomic E-state index is 12.6. The summed E-state index contributed by atoms with van der Waals surface area (Å²) >= 11 is 0. The number of aliphatic imine (C=N–C) groups is 1. The maximum absolute atomic E-state index is 12.6. The van der Waals surface area contributed by atoms with Gasteiger partial charge in [-0.2, -0.15) is 8.78 Å². The van der Waals surface area contributed by atoms with Crippen LogP contribution in [0.2, 0.25) is 0 Å². The number of benzene rings is 2. The van der Waals surface area contributed by atoms with Gasteiger partial charge in [0.05, 0.1) is 20.3 Å². The summed E-state index contributed by atoms with van der Waals surface area (Å²) in [6.07, 6.45) is 0. The molecule has 0 aliphatic rings. The summed E-state index contributed by atoms with van der Waals surface area (Å²) in [5, 5.41) is 6.21. The Morgan fingerprint density at radius 1 is 1.07 bits per heavy atom. The third kappa shape index (κ3) is 7.57. The molecule has 0 aliphatic carbocycles. The number of methoxy groups -OCH3 is 1. The van der Waals surface area contributed by atoms with Crippen molar-refractivity contribution >= 4 is 5.96 Å². The van der Waals surface area contributed by atoms with Crippen LogP contribution in [0, 0.1) is 6.92 Å². The molecule has 0 unspecified atom stereocenters. The molecule has 0 spiro atoms. The van der Waals surface area contributed by atoms with Crippen LogP contribution in [0.5, 0.6) is 11.5 Å². The number of halogens is 2. The molecular weight excluding hydrogens is 380 g/mol. The number of hydrogen-bond donors (Lipinski definition) is 2. The fraction of sp³-hybridized carbons (Fsp3) is 0.381. The third-order valence-electron chi connectivity index (χ3n) is 4.09. The van der Waals surface area contributed by atoms with Crippen molar-refractivity contribution in [3.8, 4) is 11.5 Å². The van der Waals surface area contributed by atoms with Gasteiger partial charge < -0.3 is 24.8 Å². The van der Waals surface area contributed by atoms with Crippen LogP contribution in [-0.4, -0.2) is 39.9 Å². The van der Waals surface area contributed by atoms with Crippen molar-refractivity contribution in [3.05, 3.63) is 59.2 Å². The molecule has 0 aromatic heterocycles. The first-order chi connectivity index (χ1) is 14.0. The zero-order chi connectivity index (χ0) is 21.1. The van der Waals surface area contributed by atoms with Crippen molar-refractivity contribution in [2.24, 2.45) is 4.99 Å². The van der Waals surface area contributed by atoms with Crippen molar-refractivity contribution in [1.29, 1.82) is 0 Å². The highest BCUT2D eigenvalue weighted by Gasteiger charge is 2.10. The molecule has 2 rings (SSSR count). The number of para-hydroxylation sites is 1. The summed E-state index contributed by atoms with van der Waals surface area (Å²) in [5.74, 6) is 1.47. The van der Waals surface area contributed by atoms with Gasteiger partial charge in [0.25, 0.3) is 0 Å². The van der Waals surface area contributed by atoms with Crippen molar-refractivity contribution in [2.45, 2.75) is 26.7 Å². The molecule has 158 valence electrons. The van der Waals surface area contributed by atoms with Gasteiger partial charge in [-0.25, -0.2) is 0 Å². The summed E-state index contributed by atoms with van der Waals surface area (Å²) in [5.41, 5.74) is 2.56. The van der Waals surface area contributed by atoms with E-state index in [4.69, 9.17) is 9.47 Å². The van der Waals surface area contributed by atoms with E-state index >= 15 is 0 Å². The summed E-state index contributed by atoms with van der Waals surface area (Å²) < 4.78 is 40.7. The summed E-state index contributed by atoms with van der Waals surface area (Å²) in [6.45, 7) is 0.753. The molecule has 29 heavy (non-hydrogen) atoms. The second-order valence-electron chi connectivity index (χ2n) is 6.21. The number of nitrogens with one attached hydrogen (secondary N) is 2. The number of rotatable bonds is 10. The first kappa shape index (κ1) is 22.4. The van der Waals surface area contributed by atoms with E-state index < -0.39 is 6.61 Å². The Hall–Kier alpha value is -2.87. The largest absolute Gasteiger partial charge is 0.496 e. The average molecular weight is 407 g/mol. The Kier molecular flexibility index (Phi) is 9.17. The lowest BCUT2D eigenvalue weighted by atomic mass is 10.1. The van der Waals surface area contributed by atoms with Gasteiger partial charge in [0.2, 0.25) is 0 Å². The van der Waals surface area contributed by atoms with Gasteiger partial charge >= 0.3 is 6.61 Å². The van der Waals surface area contributed by atoms with Crippen LogP contribution >= 0.6 is 0 Å². The van der Waals surface area contributed by atoms with Crippen LogP contribution < -0.4 is 20.1 Å². The minimum atomic E-state index is -2.87. The Balaban J connectivity index is 1.78. The molecule has 0 saturated carbocycles. The zero-order valence-electron chi connectivity index (χ0n) is 16.9. The standard InChI is InChI=1S/C21H27F2N3O3/c1-15-8-9-19(29-20(22)23)17(12-15)13-26-21(24-2)25-10-11-28-14-16-6-4-5-7-18(16)27-3/h4-9,12,20H,10-11,13-14H2,1-3H3,(H2,24,25,26). The molecule has 6 nitrogen and oxygen atoms in total. The number of ether oxygens (including phenoxy) is 3. The fourth-order valence-corrected chi connectivity index (χ4v) is 2.70. The molecule has 8 heteroatoms. The Bertz CT molecular complexity index is 800. The van der Waals surface area contributed by atoms with Crippen LogP contribution in [0.4, 0.5) is 8.78 Å². The molecule has 0 bridgehead atoms. The van der Waals surface area contributed by atoms with E-state index in [1.807, 2.05) is 31.2 Å². The smallest absolute Gasteiger partial charge is 0.387 e. The Morgan fingerprint density at radius 2 is 1.86 bits per heavy atom. The molecular formula is C21H27F2N3O3. The summed E-state index contributed by atoms with van der Waals surface area (Å²) in [6, 6.07) is 12.8. The van der Waals surface area contributed by atoms with E-state index in [9.17, 15) is 8.78 Å². The van der Waals surface area contributed by atoms with E-state index in [1.165, 1.54) is 0 Å². The Morgan fingerprint density at radius 3 is 2.59 bits per heavy atom.